The Kier molecular flexibility index (Phi) is 8.40. The largest absolute Gasteiger partial charge is 0.490 e. The van der Waals surface area contributed by atoms with Crippen molar-refractivity contribution in [3.63, 3.8) is 0 Å². The van der Waals surface area contributed by atoms with E-state index in [0.717, 1.165) is 87.3 Å². The van der Waals surface area contributed by atoms with Crippen LogP contribution in [-0.2, 0) is 22.5 Å². The van der Waals surface area contributed by atoms with Gasteiger partial charge in [0.05, 0.1) is 6.10 Å². The fourth-order valence-electron chi connectivity index (χ4n) is 5.74. The molecule has 1 heterocycles. The molecule has 5 heteroatoms. The van der Waals surface area contributed by atoms with Crippen LogP contribution < -0.4 is 10.1 Å². The molecule has 0 atom stereocenters. The van der Waals surface area contributed by atoms with Gasteiger partial charge in [0.2, 0.25) is 0 Å². The van der Waals surface area contributed by atoms with Gasteiger partial charge in [0, 0.05) is 37.1 Å². The van der Waals surface area contributed by atoms with E-state index < -0.39 is 0 Å². The minimum Gasteiger partial charge on any atom is -0.490 e. The summed E-state index contributed by atoms with van der Waals surface area (Å²) >= 11 is 0. The first-order chi connectivity index (χ1) is 17.6. The number of fused-ring (bicyclic) bond motifs is 1. The van der Waals surface area contributed by atoms with Crippen molar-refractivity contribution >= 4 is 17.7 Å². The first kappa shape index (κ1) is 25.0. The highest BCUT2D eigenvalue weighted by molar-refractivity contribution is 6.06. The van der Waals surface area contributed by atoms with Gasteiger partial charge in [-0.2, -0.15) is 0 Å². The van der Waals surface area contributed by atoms with E-state index in [9.17, 15) is 4.79 Å². The number of aryl methyl sites for hydroxylation is 1. The third-order valence-corrected chi connectivity index (χ3v) is 7.94. The first-order valence-electron chi connectivity index (χ1n) is 13.8. The van der Waals surface area contributed by atoms with Gasteiger partial charge in [-0.1, -0.05) is 24.6 Å². The molecule has 36 heavy (non-hydrogen) atoms. The smallest absolute Gasteiger partial charge is 0.251 e. The number of hydrogen-bond donors (Lipinski definition) is 1. The van der Waals surface area contributed by atoms with Crippen LogP contribution in [0.3, 0.4) is 0 Å². The summed E-state index contributed by atoms with van der Waals surface area (Å²) in [6.07, 6.45) is 13.5. The van der Waals surface area contributed by atoms with Crippen LogP contribution in [-0.4, -0.2) is 43.2 Å². The molecule has 0 spiro atoms. The molecule has 2 aromatic rings. The number of amides is 1. The first-order valence-corrected chi connectivity index (χ1v) is 13.8. The van der Waals surface area contributed by atoms with E-state index in [1.54, 1.807) is 0 Å². The molecule has 192 valence electrons. The number of nitrogens with one attached hydrogen (secondary N) is 1. The fraction of sp³-hybridized carbons (Fsp3) is 0.516. The molecule has 5 nitrogen and oxygen atoms in total. The summed E-state index contributed by atoms with van der Waals surface area (Å²) in [6, 6.07) is 15.3. The van der Waals surface area contributed by atoms with Crippen LogP contribution in [0.4, 0.5) is 5.69 Å². The Balaban J connectivity index is 1.21. The fourth-order valence-corrected chi connectivity index (χ4v) is 5.74. The Bertz CT molecular complexity index is 1050. The van der Waals surface area contributed by atoms with E-state index in [0.29, 0.717) is 12.1 Å². The Morgan fingerprint density at radius 1 is 0.972 bits per heavy atom. The Hall–Kier alpha value is -2.63. The van der Waals surface area contributed by atoms with Crippen molar-refractivity contribution in [3.05, 3.63) is 64.7 Å². The summed E-state index contributed by atoms with van der Waals surface area (Å²) in [7, 11) is 2.19. The van der Waals surface area contributed by atoms with Crippen molar-refractivity contribution in [1.82, 2.24) is 4.90 Å². The van der Waals surface area contributed by atoms with Gasteiger partial charge in [-0.25, -0.2) is 0 Å². The lowest BCUT2D eigenvalue weighted by atomic mass is 9.97. The van der Waals surface area contributed by atoms with Crippen LogP contribution in [0.25, 0.3) is 6.08 Å². The van der Waals surface area contributed by atoms with Crippen LogP contribution in [0, 0.1) is 0 Å². The molecule has 0 bridgehead atoms. The van der Waals surface area contributed by atoms with Gasteiger partial charge in [0.1, 0.15) is 5.75 Å². The maximum absolute atomic E-state index is 13.2. The number of rotatable bonds is 7. The maximum Gasteiger partial charge on any atom is 0.251 e. The number of nitrogens with zero attached hydrogens (tertiary/aromatic N) is 1. The van der Waals surface area contributed by atoms with Crippen LogP contribution in [0.5, 0.6) is 5.75 Å². The summed E-state index contributed by atoms with van der Waals surface area (Å²) in [4.78, 5) is 15.6. The van der Waals surface area contributed by atoms with Gasteiger partial charge in [0.15, 0.2) is 0 Å². The molecular weight excluding hydrogens is 448 g/mol. The monoisotopic (exact) mass is 488 g/mol. The highest BCUT2D eigenvalue weighted by Crippen LogP contribution is 2.30. The lowest BCUT2D eigenvalue weighted by Gasteiger charge is -2.31. The molecule has 0 radical (unpaired) electrons. The van der Waals surface area contributed by atoms with Crippen molar-refractivity contribution < 1.29 is 14.3 Å². The minimum absolute atomic E-state index is 0.00599. The van der Waals surface area contributed by atoms with Crippen molar-refractivity contribution in [2.45, 2.75) is 82.9 Å². The molecule has 1 saturated heterocycles. The second-order valence-electron chi connectivity index (χ2n) is 10.7. The Morgan fingerprint density at radius 3 is 2.53 bits per heavy atom. The number of benzene rings is 2. The molecule has 2 aromatic carbocycles. The molecule has 1 saturated carbocycles. The molecule has 3 aliphatic rings. The molecular formula is C31H40N2O3. The van der Waals surface area contributed by atoms with E-state index in [1.807, 2.05) is 12.1 Å². The zero-order valence-electron chi connectivity index (χ0n) is 21.6. The highest BCUT2D eigenvalue weighted by Gasteiger charge is 2.20. The van der Waals surface area contributed by atoms with E-state index in [1.165, 1.54) is 30.4 Å². The van der Waals surface area contributed by atoms with Crippen LogP contribution in [0.1, 0.15) is 74.5 Å². The van der Waals surface area contributed by atoms with Crippen LogP contribution >= 0.6 is 0 Å². The number of ether oxygens (including phenoxy) is 2. The van der Waals surface area contributed by atoms with Crippen LogP contribution in [0.2, 0.25) is 0 Å². The second kappa shape index (κ2) is 12.1. The molecule has 1 amide bonds. The minimum atomic E-state index is -0.00599. The van der Waals surface area contributed by atoms with Crippen molar-refractivity contribution in [3.8, 4) is 5.75 Å². The number of carbonyl (C=O) groups excluding carboxylic acids is 1. The van der Waals surface area contributed by atoms with E-state index >= 15 is 0 Å². The number of hydrogen-bond acceptors (Lipinski definition) is 4. The van der Waals surface area contributed by atoms with Gasteiger partial charge in [-0.05, 0) is 112 Å². The standard InChI is InChI=1S/C31H40N2O3/c1-33(28-16-18-35-19-17-28)22-23-10-13-27(14-11-23)32-31(34)25-7-5-6-24-12-15-30(21-26(24)20-25)36-29-8-3-2-4-9-29/h10-15,20-21,28-29H,2-9,16-19,22H2,1H3,(H,32,34). The summed E-state index contributed by atoms with van der Waals surface area (Å²) in [5.41, 5.74) is 5.36. The molecule has 0 aromatic heterocycles. The highest BCUT2D eigenvalue weighted by atomic mass is 16.5. The molecule has 1 aliphatic heterocycles. The predicted molar refractivity (Wildman–Crippen MR) is 145 cm³/mol. The van der Waals surface area contributed by atoms with E-state index in [-0.39, 0.29) is 5.91 Å². The summed E-state index contributed by atoms with van der Waals surface area (Å²) in [5.74, 6) is 0.924. The molecule has 0 unspecified atom stereocenters. The third kappa shape index (κ3) is 6.57. The van der Waals surface area contributed by atoms with E-state index in [2.05, 4.69) is 53.7 Å². The van der Waals surface area contributed by atoms with Crippen LogP contribution in [0.15, 0.2) is 48.0 Å². The average molecular weight is 489 g/mol. The Morgan fingerprint density at radius 2 is 1.75 bits per heavy atom. The van der Waals surface area contributed by atoms with Gasteiger partial charge >= 0.3 is 0 Å². The topological polar surface area (TPSA) is 50.8 Å². The van der Waals surface area contributed by atoms with Gasteiger partial charge in [0.25, 0.3) is 5.91 Å². The van der Waals surface area contributed by atoms with Crippen molar-refractivity contribution in [1.29, 1.82) is 0 Å². The molecule has 2 aliphatic carbocycles. The predicted octanol–water partition coefficient (Wildman–Crippen LogP) is 6.37. The molecule has 1 N–H and O–H groups in total. The molecule has 5 rings (SSSR count). The van der Waals surface area contributed by atoms with Gasteiger partial charge in [-0.15, -0.1) is 0 Å². The average Bonchev–Trinajstić information content (AvgIpc) is 3.13. The Labute approximate surface area is 215 Å². The zero-order valence-corrected chi connectivity index (χ0v) is 21.6. The number of anilines is 1. The number of carbonyl (C=O) groups is 1. The summed E-state index contributed by atoms with van der Waals surface area (Å²) in [5, 5.41) is 3.13. The zero-order chi connectivity index (χ0) is 24.7. The maximum atomic E-state index is 13.2. The van der Waals surface area contributed by atoms with Crippen molar-refractivity contribution in [2.75, 3.05) is 25.6 Å². The lowest BCUT2D eigenvalue weighted by molar-refractivity contribution is -0.112. The van der Waals surface area contributed by atoms with Gasteiger partial charge < -0.3 is 14.8 Å². The summed E-state index contributed by atoms with van der Waals surface area (Å²) < 4.78 is 11.8. The quantitative estimate of drug-likeness (QED) is 0.492. The SMILES string of the molecule is CN(Cc1ccc(NC(=O)C2=Cc3cc(OC4CCCCC4)ccc3CCC2)cc1)C1CCOCC1. The normalized spacial score (nSPS) is 19.3. The third-order valence-electron chi connectivity index (χ3n) is 7.94. The second-order valence-corrected chi connectivity index (χ2v) is 10.7. The summed E-state index contributed by atoms with van der Waals surface area (Å²) in [6.45, 7) is 2.62. The van der Waals surface area contributed by atoms with Gasteiger partial charge in [-0.3, -0.25) is 9.69 Å². The molecule has 2 fully saturated rings. The lowest BCUT2D eigenvalue weighted by Crippen LogP contribution is -2.36. The van der Waals surface area contributed by atoms with E-state index in [4.69, 9.17) is 9.47 Å². The van der Waals surface area contributed by atoms with Crippen molar-refractivity contribution in [2.24, 2.45) is 0 Å².